The SMILES string of the molecule is C=CCc1cnc(C=O)c([Si](C)C)c1. The summed E-state index contributed by atoms with van der Waals surface area (Å²) < 4.78 is 0. The fourth-order valence-corrected chi connectivity index (χ4v) is 2.40. The van der Waals surface area contributed by atoms with Crippen LogP contribution in [0.1, 0.15) is 16.1 Å². The summed E-state index contributed by atoms with van der Waals surface area (Å²) in [6.07, 6.45) is 5.25. The normalized spacial score (nSPS) is 10.2. The van der Waals surface area contributed by atoms with Crippen molar-refractivity contribution >= 4 is 20.3 Å². The number of pyridine rings is 1. The van der Waals surface area contributed by atoms with Gasteiger partial charge in [-0.2, -0.15) is 0 Å². The molecule has 73 valence electrons. The predicted octanol–water partition coefficient (Wildman–Crippen LogP) is 1.58. The summed E-state index contributed by atoms with van der Waals surface area (Å²) in [5, 5.41) is 1.12. The molecule has 1 aromatic rings. The molecule has 0 aliphatic rings. The summed E-state index contributed by atoms with van der Waals surface area (Å²) in [4.78, 5) is 14.9. The second-order valence-electron chi connectivity index (χ2n) is 3.39. The highest BCUT2D eigenvalue weighted by Gasteiger charge is 2.09. The summed E-state index contributed by atoms with van der Waals surface area (Å²) in [7, 11) is -0.622. The van der Waals surface area contributed by atoms with E-state index in [1.165, 1.54) is 0 Å². The average Bonchev–Trinajstić information content (AvgIpc) is 2.18. The van der Waals surface area contributed by atoms with Crippen LogP contribution in [-0.4, -0.2) is 20.1 Å². The Hall–Kier alpha value is -1.22. The zero-order valence-corrected chi connectivity index (χ0v) is 9.58. The fourth-order valence-electron chi connectivity index (χ4n) is 1.29. The molecule has 0 aliphatic carbocycles. The van der Waals surface area contributed by atoms with E-state index in [4.69, 9.17) is 0 Å². The lowest BCUT2D eigenvalue weighted by Gasteiger charge is -2.07. The predicted molar refractivity (Wildman–Crippen MR) is 60.6 cm³/mol. The number of aldehydes is 1. The maximum Gasteiger partial charge on any atom is 0.168 e. The first-order chi connectivity index (χ1) is 6.69. The molecular weight excluding hydrogens is 190 g/mol. The second kappa shape index (κ2) is 4.86. The Morgan fingerprint density at radius 3 is 2.79 bits per heavy atom. The van der Waals surface area contributed by atoms with Gasteiger partial charge in [-0.1, -0.05) is 25.2 Å². The van der Waals surface area contributed by atoms with E-state index >= 15 is 0 Å². The van der Waals surface area contributed by atoms with Gasteiger partial charge in [-0.05, 0) is 17.2 Å². The molecule has 1 rings (SSSR count). The molecule has 0 aromatic carbocycles. The van der Waals surface area contributed by atoms with E-state index in [0.717, 1.165) is 23.5 Å². The van der Waals surface area contributed by atoms with Crippen LogP contribution in [0.15, 0.2) is 24.9 Å². The number of hydrogen-bond donors (Lipinski definition) is 0. The molecular formula is C11H14NOSi. The molecule has 0 amide bonds. The number of carbonyl (C=O) groups is 1. The van der Waals surface area contributed by atoms with Crippen molar-refractivity contribution in [2.75, 3.05) is 0 Å². The maximum atomic E-state index is 10.7. The minimum Gasteiger partial charge on any atom is -0.296 e. The highest BCUT2D eigenvalue weighted by Crippen LogP contribution is 2.00. The summed E-state index contributed by atoms with van der Waals surface area (Å²) in [5.74, 6) is 0. The minimum absolute atomic E-state index is 0.594. The molecule has 0 saturated carbocycles. The fraction of sp³-hybridized carbons (Fsp3) is 0.273. The molecule has 0 fully saturated rings. The molecule has 0 saturated heterocycles. The number of allylic oxidation sites excluding steroid dienone is 1. The summed E-state index contributed by atoms with van der Waals surface area (Å²) in [6, 6.07) is 2.08. The van der Waals surface area contributed by atoms with Crippen LogP contribution in [0.2, 0.25) is 13.1 Å². The molecule has 0 atom stereocenters. The smallest absolute Gasteiger partial charge is 0.168 e. The molecule has 0 N–H and O–H groups in total. The van der Waals surface area contributed by atoms with Gasteiger partial charge < -0.3 is 0 Å². The van der Waals surface area contributed by atoms with Gasteiger partial charge >= 0.3 is 0 Å². The number of hydrogen-bond acceptors (Lipinski definition) is 2. The number of nitrogens with zero attached hydrogens (tertiary/aromatic N) is 1. The average molecular weight is 204 g/mol. The Morgan fingerprint density at radius 2 is 2.29 bits per heavy atom. The summed E-state index contributed by atoms with van der Waals surface area (Å²) in [6.45, 7) is 8.00. The van der Waals surface area contributed by atoms with Crippen LogP contribution in [0.4, 0.5) is 0 Å². The Labute approximate surface area is 86.3 Å². The van der Waals surface area contributed by atoms with Crippen LogP contribution in [0.5, 0.6) is 0 Å². The van der Waals surface area contributed by atoms with Crippen molar-refractivity contribution in [3.8, 4) is 0 Å². The van der Waals surface area contributed by atoms with Crippen LogP contribution in [0.25, 0.3) is 0 Å². The largest absolute Gasteiger partial charge is 0.296 e. The molecule has 1 aromatic heterocycles. The van der Waals surface area contributed by atoms with Gasteiger partial charge in [0, 0.05) is 6.20 Å². The molecule has 0 aliphatic heterocycles. The third-order valence-electron chi connectivity index (χ3n) is 2.01. The van der Waals surface area contributed by atoms with E-state index in [0.29, 0.717) is 5.69 Å². The molecule has 1 radical (unpaired) electrons. The first-order valence-electron chi connectivity index (χ1n) is 4.54. The maximum absolute atomic E-state index is 10.7. The molecule has 14 heavy (non-hydrogen) atoms. The van der Waals surface area contributed by atoms with Crippen molar-refractivity contribution in [2.24, 2.45) is 0 Å². The van der Waals surface area contributed by atoms with Crippen molar-refractivity contribution in [1.82, 2.24) is 4.98 Å². The van der Waals surface area contributed by atoms with E-state index in [1.807, 2.05) is 6.08 Å². The molecule has 3 heteroatoms. The van der Waals surface area contributed by atoms with Gasteiger partial charge in [0.2, 0.25) is 0 Å². The lowest BCUT2D eigenvalue weighted by Crippen LogP contribution is -2.28. The summed E-state index contributed by atoms with van der Waals surface area (Å²) in [5.41, 5.74) is 1.73. The van der Waals surface area contributed by atoms with Gasteiger partial charge in [0.15, 0.2) is 6.29 Å². The monoisotopic (exact) mass is 204 g/mol. The van der Waals surface area contributed by atoms with Crippen molar-refractivity contribution in [2.45, 2.75) is 19.5 Å². The molecule has 0 spiro atoms. The van der Waals surface area contributed by atoms with Gasteiger partial charge in [0.25, 0.3) is 0 Å². The standard InChI is InChI=1S/C11H14NOSi/c1-4-5-9-6-11(14(2)3)10(8-13)12-7-9/h4,6-8H,1,5H2,2-3H3. The lowest BCUT2D eigenvalue weighted by molar-refractivity contribution is 0.112. The van der Waals surface area contributed by atoms with Gasteiger partial charge in [-0.15, -0.1) is 6.58 Å². The summed E-state index contributed by atoms with van der Waals surface area (Å²) >= 11 is 0. The van der Waals surface area contributed by atoms with E-state index in [2.05, 4.69) is 30.7 Å². The molecule has 0 bridgehead atoms. The minimum atomic E-state index is -0.622. The Kier molecular flexibility index (Phi) is 3.77. The Balaban J connectivity index is 3.13. The van der Waals surface area contributed by atoms with Gasteiger partial charge in [-0.25, -0.2) is 0 Å². The second-order valence-corrected chi connectivity index (χ2v) is 5.93. The van der Waals surface area contributed by atoms with E-state index in [1.54, 1.807) is 6.20 Å². The van der Waals surface area contributed by atoms with Gasteiger partial charge in [-0.3, -0.25) is 9.78 Å². The third kappa shape index (κ3) is 2.39. The highest BCUT2D eigenvalue weighted by atomic mass is 28.3. The van der Waals surface area contributed by atoms with Crippen LogP contribution in [0.3, 0.4) is 0 Å². The zero-order valence-electron chi connectivity index (χ0n) is 8.58. The van der Waals surface area contributed by atoms with E-state index < -0.39 is 8.80 Å². The van der Waals surface area contributed by atoms with Crippen molar-refractivity contribution in [3.63, 3.8) is 0 Å². The van der Waals surface area contributed by atoms with Crippen LogP contribution in [-0.2, 0) is 6.42 Å². The van der Waals surface area contributed by atoms with Gasteiger partial charge in [0.05, 0.1) is 8.80 Å². The van der Waals surface area contributed by atoms with Crippen LogP contribution >= 0.6 is 0 Å². The van der Waals surface area contributed by atoms with Gasteiger partial charge in [0.1, 0.15) is 5.69 Å². The van der Waals surface area contributed by atoms with Crippen LogP contribution < -0.4 is 5.19 Å². The Bertz CT molecular complexity index is 347. The molecule has 0 unspecified atom stereocenters. The van der Waals surface area contributed by atoms with Crippen molar-refractivity contribution in [1.29, 1.82) is 0 Å². The number of aromatic nitrogens is 1. The number of carbonyl (C=O) groups excluding carboxylic acids is 1. The van der Waals surface area contributed by atoms with E-state index in [-0.39, 0.29) is 0 Å². The quantitative estimate of drug-likeness (QED) is 0.423. The lowest BCUT2D eigenvalue weighted by atomic mass is 10.2. The van der Waals surface area contributed by atoms with Crippen molar-refractivity contribution < 1.29 is 4.79 Å². The molecule has 1 heterocycles. The Morgan fingerprint density at radius 1 is 1.57 bits per heavy atom. The first kappa shape index (κ1) is 10.9. The number of rotatable bonds is 4. The molecule has 2 nitrogen and oxygen atoms in total. The zero-order chi connectivity index (χ0) is 10.6. The third-order valence-corrected chi connectivity index (χ3v) is 3.48. The van der Waals surface area contributed by atoms with Crippen LogP contribution in [0, 0.1) is 0 Å². The topological polar surface area (TPSA) is 30.0 Å². The first-order valence-corrected chi connectivity index (χ1v) is 7.04. The van der Waals surface area contributed by atoms with E-state index in [9.17, 15) is 4.79 Å². The highest BCUT2D eigenvalue weighted by molar-refractivity contribution is 6.71. The van der Waals surface area contributed by atoms with Crippen molar-refractivity contribution in [3.05, 3.63) is 36.2 Å².